The molecule has 1 amide bonds. The third-order valence-electron chi connectivity index (χ3n) is 8.13. The number of rotatable bonds is 10. The number of carbonyl (C=O) groups excluding carboxylic acids is 1. The van der Waals surface area contributed by atoms with Crippen LogP contribution in [0.1, 0.15) is 54.1 Å². The number of aryl methyl sites for hydroxylation is 1. The second kappa shape index (κ2) is 14.4. The Balaban J connectivity index is 1.11. The Bertz CT molecular complexity index is 1310. The smallest absolute Gasteiger partial charge is 0.251 e. The van der Waals surface area contributed by atoms with E-state index in [9.17, 15) is 4.79 Å². The number of nitrogens with one attached hydrogen (secondary N) is 1. The van der Waals surface area contributed by atoms with E-state index in [1.54, 1.807) is 11.8 Å². The molecule has 0 saturated carbocycles. The van der Waals surface area contributed by atoms with E-state index in [0.717, 1.165) is 50.5 Å². The van der Waals surface area contributed by atoms with Gasteiger partial charge in [-0.2, -0.15) is 0 Å². The molecule has 0 bridgehead atoms. The first kappa shape index (κ1) is 29.7. The van der Waals surface area contributed by atoms with Crippen LogP contribution < -0.4 is 15.1 Å². The van der Waals surface area contributed by atoms with Gasteiger partial charge in [-0.05, 0) is 69.0 Å². The van der Waals surface area contributed by atoms with E-state index in [-0.39, 0.29) is 5.91 Å². The minimum Gasteiger partial charge on any atom is -0.368 e. The monoisotopic (exact) mass is 592 g/mol. The topological polar surface area (TPSA) is 64.6 Å². The molecule has 3 heterocycles. The van der Waals surface area contributed by atoms with Crippen LogP contribution >= 0.6 is 23.4 Å². The maximum Gasteiger partial charge on any atom is 0.251 e. The molecule has 0 spiro atoms. The molecular weight excluding hydrogens is 552 g/mol. The van der Waals surface area contributed by atoms with Crippen molar-refractivity contribution in [1.82, 2.24) is 20.2 Å². The van der Waals surface area contributed by atoms with Crippen molar-refractivity contribution in [3.63, 3.8) is 0 Å². The number of amides is 1. The van der Waals surface area contributed by atoms with E-state index >= 15 is 0 Å². The van der Waals surface area contributed by atoms with Gasteiger partial charge in [-0.15, -0.1) is 0 Å². The Labute approximate surface area is 253 Å². The maximum atomic E-state index is 12.8. The number of piperidine rings is 1. The summed E-state index contributed by atoms with van der Waals surface area (Å²) in [5.41, 5.74) is 4.34. The predicted molar refractivity (Wildman–Crippen MR) is 170 cm³/mol. The molecule has 2 aliphatic heterocycles. The van der Waals surface area contributed by atoms with Crippen LogP contribution in [0.15, 0.2) is 59.8 Å². The number of thioether (sulfide) groups is 1. The fraction of sp³-hybridized carbons (Fsp3) is 0.469. The van der Waals surface area contributed by atoms with Gasteiger partial charge < -0.3 is 20.0 Å². The molecule has 1 atom stereocenters. The van der Waals surface area contributed by atoms with Crippen molar-refractivity contribution in [1.29, 1.82) is 0 Å². The number of hydrogen-bond acceptors (Lipinski definition) is 7. The van der Waals surface area contributed by atoms with E-state index in [1.807, 2.05) is 30.3 Å². The van der Waals surface area contributed by atoms with Crippen LogP contribution in [-0.4, -0.2) is 72.6 Å². The van der Waals surface area contributed by atoms with E-state index in [0.29, 0.717) is 34.2 Å². The fourth-order valence-corrected chi connectivity index (χ4v) is 6.76. The van der Waals surface area contributed by atoms with Gasteiger partial charge in [0.25, 0.3) is 5.91 Å². The lowest BCUT2D eigenvalue weighted by Crippen LogP contribution is -2.47. The van der Waals surface area contributed by atoms with Gasteiger partial charge in [0.1, 0.15) is 11.0 Å². The summed E-state index contributed by atoms with van der Waals surface area (Å²) in [5.74, 6) is 1.51. The van der Waals surface area contributed by atoms with Gasteiger partial charge in [-0.1, -0.05) is 60.1 Å². The highest BCUT2D eigenvalue weighted by molar-refractivity contribution is 7.98. The number of para-hydroxylation sites is 1. The minimum atomic E-state index is -0.0188. The number of anilines is 2. The van der Waals surface area contributed by atoms with Crippen molar-refractivity contribution >= 4 is 40.8 Å². The van der Waals surface area contributed by atoms with Gasteiger partial charge in [0.05, 0.1) is 0 Å². The van der Waals surface area contributed by atoms with Crippen LogP contribution in [-0.2, 0) is 5.75 Å². The highest BCUT2D eigenvalue weighted by atomic mass is 35.5. The summed E-state index contributed by atoms with van der Waals surface area (Å²) in [6.45, 7) is 11.0. The number of piperazine rings is 1. The maximum absolute atomic E-state index is 12.8. The van der Waals surface area contributed by atoms with Crippen LogP contribution in [0.2, 0.25) is 5.15 Å². The van der Waals surface area contributed by atoms with Crippen molar-refractivity contribution in [3.8, 4) is 0 Å². The summed E-state index contributed by atoms with van der Waals surface area (Å²) >= 11 is 7.97. The van der Waals surface area contributed by atoms with Crippen LogP contribution in [0.3, 0.4) is 0 Å². The van der Waals surface area contributed by atoms with Gasteiger partial charge in [0, 0.05) is 68.4 Å². The second-order valence-corrected chi connectivity index (χ2v) is 12.4. The Morgan fingerprint density at radius 2 is 1.80 bits per heavy atom. The van der Waals surface area contributed by atoms with Gasteiger partial charge in [0.15, 0.2) is 5.16 Å². The normalized spacial score (nSPS) is 18.0. The molecule has 3 aromatic rings. The third-order valence-corrected chi connectivity index (χ3v) is 9.24. The Kier molecular flexibility index (Phi) is 10.4. The van der Waals surface area contributed by atoms with E-state index in [1.165, 1.54) is 37.1 Å². The van der Waals surface area contributed by atoms with Crippen molar-refractivity contribution in [2.24, 2.45) is 0 Å². The van der Waals surface area contributed by atoms with Gasteiger partial charge in [-0.3, -0.25) is 4.79 Å². The first-order valence-corrected chi connectivity index (χ1v) is 16.2. The summed E-state index contributed by atoms with van der Waals surface area (Å²) in [6, 6.07) is 18.9. The van der Waals surface area contributed by atoms with E-state index in [4.69, 9.17) is 16.6 Å². The lowest BCUT2D eigenvalue weighted by atomic mass is 10.0. The molecule has 41 heavy (non-hydrogen) atoms. The summed E-state index contributed by atoms with van der Waals surface area (Å²) in [4.78, 5) is 29.4. The quantitative estimate of drug-likeness (QED) is 0.133. The summed E-state index contributed by atoms with van der Waals surface area (Å²) < 4.78 is 0. The molecular formula is C32H41ClN6OS. The van der Waals surface area contributed by atoms with Gasteiger partial charge in [0.2, 0.25) is 0 Å². The van der Waals surface area contributed by atoms with Crippen molar-refractivity contribution < 1.29 is 4.79 Å². The molecule has 1 N–H and O–H groups in total. The lowest BCUT2D eigenvalue weighted by molar-refractivity contribution is 0.0948. The standard InChI is InChI=1S/C32H41ClN6OS/c1-24-9-3-4-13-28(24)38-17-19-39(20-18-38)30-22-29(33)35-32(36-30)41-23-26-11-7-12-27(21-26)31(40)34-14-8-16-37-15-6-5-10-25(37)2/h3-4,7,9,11-13,21-22,25H,5-6,8,10,14-20,23H2,1-2H3,(H,34,40). The zero-order valence-corrected chi connectivity index (χ0v) is 25.8. The first-order valence-electron chi connectivity index (χ1n) is 14.8. The molecule has 2 saturated heterocycles. The Hall–Kier alpha value is -2.81. The number of aromatic nitrogens is 2. The highest BCUT2D eigenvalue weighted by Crippen LogP contribution is 2.27. The molecule has 2 aromatic carbocycles. The van der Waals surface area contributed by atoms with Crippen LogP contribution in [0.25, 0.3) is 0 Å². The molecule has 0 radical (unpaired) electrons. The average molecular weight is 593 g/mol. The minimum absolute atomic E-state index is 0.0188. The second-order valence-electron chi connectivity index (χ2n) is 11.1. The number of likely N-dealkylation sites (tertiary alicyclic amines) is 1. The SMILES string of the molecule is Cc1ccccc1N1CCN(c2cc(Cl)nc(SCc3cccc(C(=O)NCCCN4CCCCC4C)c3)n2)CC1. The Morgan fingerprint density at radius 1 is 1.00 bits per heavy atom. The number of carbonyl (C=O) groups is 1. The van der Waals surface area contributed by atoms with Gasteiger partial charge in [-0.25, -0.2) is 9.97 Å². The van der Waals surface area contributed by atoms with E-state index < -0.39 is 0 Å². The molecule has 2 fully saturated rings. The molecule has 5 rings (SSSR count). The zero-order chi connectivity index (χ0) is 28.6. The van der Waals surface area contributed by atoms with Crippen molar-refractivity contribution in [2.45, 2.75) is 56.5 Å². The first-order chi connectivity index (χ1) is 20.0. The van der Waals surface area contributed by atoms with Crippen LogP contribution in [0.4, 0.5) is 11.5 Å². The summed E-state index contributed by atoms with van der Waals surface area (Å²) in [7, 11) is 0. The lowest BCUT2D eigenvalue weighted by Gasteiger charge is -2.37. The fourth-order valence-electron chi connectivity index (χ4n) is 5.73. The van der Waals surface area contributed by atoms with Crippen molar-refractivity contribution in [3.05, 3.63) is 76.4 Å². The largest absolute Gasteiger partial charge is 0.368 e. The third kappa shape index (κ3) is 8.15. The molecule has 7 nitrogen and oxygen atoms in total. The van der Waals surface area contributed by atoms with Gasteiger partial charge >= 0.3 is 0 Å². The number of benzene rings is 2. The van der Waals surface area contributed by atoms with Crippen molar-refractivity contribution in [2.75, 3.05) is 55.6 Å². The van der Waals surface area contributed by atoms with Crippen LogP contribution in [0.5, 0.6) is 0 Å². The highest BCUT2D eigenvalue weighted by Gasteiger charge is 2.21. The molecule has 1 unspecified atom stereocenters. The zero-order valence-electron chi connectivity index (χ0n) is 24.2. The number of halogens is 1. The molecule has 1 aromatic heterocycles. The molecule has 2 aliphatic rings. The average Bonchev–Trinajstić information content (AvgIpc) is 2.99. The Morgan fingerprint density at radius 3 is 2.61 bits per heavy atom. The summed E-state index contributed by atoms with van der Waals surface area (Å²) in [6.07, 6.45) is 4.87. The van der Waals surface area contributed by atoms with E-state index in [2.05, 4.69) is 63.1 Å². The molecule has 9 heteroatoms. The molecule has 0 aliphatic carbocycles. The number of hydrogen-bond donors (Lipinski definition) is 1. The summed E-state index contributed by atoms with van der Waals surface area (Å²) in [5, 5.41) is 4.20. The number of nitrogens with zero attached hydrogens (tertiary/aromatic N) is 5. The molecule has 218 valence electrons. The predicted octanol–water partition coefficient (Wildman–Crippen LogP) is 6.05. The van der Waals surface area contributed by atoms with Crippen LogP contribution in [0, 0.1) is 6.92 Å².